The molecule has 3 aliphatic rings. The molecular weight excluding hydrogens is 516 g/mol. The van der Waals surface area contributed by atoms with Gasteiger partial charge in [0.2, 0.25) is 5.95 Å². The Bertz CT molecular complexity index is 1320. The smallest absolute Gasteiger partial charge is 0.229 e. The largest absolute Gasteiger partial charge is 0.366 e. The maximum Gasteiger partial charge on any atom is 0.229 e. The molecule has 37 heavy (non-hydrogen) atoms. The second-order valence-corrected chi connectivity index (χ2v) is 10.7. The van der Waals surface area contributed by atoms with Crippen LogP contribution in [0.2, 0.25) is 10.0 Å². The number of hydrogen-bond acceptors (Lipinski definition) is 8. The van der Waals surface area contributed by atoms with Gasteiger partial charge in [0.15, 0.2) is 6.23 Å². The average Bonchev–Trinajstić information content (AvgIpc) is 3.66. The molecule has 0 bridgehead atoms. The van der Waals surface area contributed by atoms with Crippen molar-refractivity contribution in [3.8, 4) is 0 Å². The van der Waals surface area contributed by atoms with Crippen LogP contribution in [0.5, 0.6) is 0 Å². The summed E-state index contributed by atoms with van der Waals surface area (Å²) < 4.78 is 21.1. The van der Waals surface area contributed by atoms with Crippen molar-refractivity contribution in [3.05, 3.63) is 64.0 Å². The summed E-state index contributed by atoms with van der Waals surface area (Å²) in [4.78, 5) is 17.7. The second-order valence-electron chi connectivity index (χ2n) is 9.87. The van der Waals surface area contributed by atoms with Gasteiger partial charge in [-0.1, -0.05) is 29.3 Å². The Kier molecular flexibility index (Phi) is 6.27. The number of aromatic nitrogens is 2. The fourth-order valence-corrected chi connectivity index (χ4v) is 5.71. The van der Waals surface area contributed by atoms with Gasteiger partial charge in [-0.2, -0.15) is 4.98 Å². The number of para-hydroxylation sites is 1. The number of nitrogens with one attached hydrogen (secondary N) is 1. The van der Waals surface area contributed by atoms with Crippen LogP contribution in [0.15, 0.2) is 42.6 Å². The summed E-state index contributed by atoms with van der Waals surface area (Å²) >= 11 is 13.0. The summed E-state index contributed by atoms with van der Waals surface area (Å²) in [5.41, 5.74) is 2.82. The molecule has 2 fully saturated rings. The normalized spacial score (nSPS) is 23.4. The van der Waals surface area contributed by atoms with E-state index in [9.17, 15) is 0 Å². The van der Waals surface area contributed by atoms with Gasteiger partial charge in [-0.05, 0) is 44.3 Å². The molecule has 8 nitrogen and oxygen atoms in total. The van der Waals surface area contributed by atoms with Crippen molar-refractivity contribution in [2.24, 2.45) is 0 Å². The van der Waals surface area contributed by atoms with Crippen LogP contribution in [-0.2, 0) is 4.74 Å². The first kappa shape index (κ1) is 24.5. The predicted molar refractivity (Wildman–Crippen MR) is 146 cm³/mol. The first-order valence-electron chi connectivity index (χ1n) is 12.3. The maximum atomic E-state index is 15.1. The van der Waals surface area contributed by atoms with E-state index >= 15 is 4.39 Å². The van der Waals surface area contributed by atoms with E-state index in [0.717, 1.165) is 36.7 Å². The van der Waals surface area contributed by atoms with Crippen LogP contribution in [0.1, 0.15) is 18.6 Å². The molecule has 6 rings (SSSR count). The summed E-state index contributed by atoms with van der Waals surface area (Å²) in [7, 11) is 4.05. The Morgan fingerprint density at radius 1 is 1.11 bits per heavy atom. The van der Waals surface area contributed by atoms with E-state index in [1.165, 1.54) is 6.07 Å². The second kappa shape index (κ2) is 9.47. The minimum absolute atomic E-state index is 0.191. The number of fused-ring (bicyclic) bond motifs is 3. The number of benzene rings is 2. The molecule has 1 N–H and O–H groups in total. The van der Waals surface area contributed by atoms with Crippen molar-refractivity contribution in [1.82, 2.24) is 14.9 Å². The highest BCUT2D eigenvalue weighted by molar-refractivity contribution is 6.39. The minimum Gasteiger partial charge on any atom is -0.366 e. The standard InChI is InChI=1S/C26H28Cl2FN7O/c1-15-13-35(10-9-33(15)2)21-8-7-16(11-20(21)29)31-26-30-12-17-23-25(37-23)36(14-34(3)24(17)32-26)22-18(27)5-4-6-19(22)28/h4-8,11-12,15,23,25H,9-10,13-14H2,1-3H3,(H,30,31,32)/t15-,23?,25?/m1/s1. The molecule has 3 atom stereocenters. The minimum atomic E-state index is -0.268. The molecule has 0 aliphatic carbocycles. The van der Waals surface area contributed by atoms with E-state index in [-0.39, 0.29) is 18.1 Å². The third-order valence-electron chi connectivity index (χ3n) is 7.33. The number of nitrogens with zero attached hydrogens (tertiary/aromatic N) is 6. The Labute approximate surface area is 225 Å². The van der Waals surface area contributed by atoms with Gasteiger partial charge in [-0.3, -0.25) is 0 Å². The number of likely N-dealkylation sites (N-methyl/N-ethyl adjacent to an activating group) is 1. The van der Waals surface area contributed by atoms with Gasteiger partial charge >= 0.3 is 0 Å². The zero-order valence-corrected chi connectivity index (χ0v) is 22.3. The molecule has 0 spiro atoms. The van der Waals surface area contributed by atoms with Crippen LogP contribution < -0.4 is 20.0 Å². The molecule has 0 amide bonds. The van der Waals surface area contributed by atoms with Crippen molar-refractivity contribution >= 4 is 52.0 Å². The van der Waals surface area contributed by atoms with Crippen molar-refractivity contribution in [1.29, 1.82) is 0 Å². The van der Waals surface area contributed by atoms with Crippen molar-refractivity contribution in [3.63, 3.8) is 0 Å². The van der Waals surface area contributed by atoms with Gasteiger partial charge in [-0.15, -0.1) is 0 Å². The van der Waals surface area contributed by atoms with Gasteiger partial charge < -0.3 is 29.7 Å². The van der Waals surface area contributed by atoms with Crippen LogP contribution in [-0.4, -0.2) is 67.5 Å². The Morgan fingerprint density at radius 3 is 2.62 bits per heavy atom. The summed E-state index contributed by atoms with van der Waals surface area (Å²) in [6.07, 6.45) is 1.37. The first-order valence-corrected chi connectivity index (χ1v) is 13.0. The average molecular weight is 544 g/mol. The lowest BCUT2D eigenvalue weighted by Crippen LogP contribution is -2.50. The highest BCUT2D eigenvalue weighted by atomic mass is 35.5. The molecule has 11 heteroatoms. The van der Waals surface area contributed by atoms with E-state index in [1.54, 1.807) is 6.20 Å². The lowest BCUT2D eigenvalue weighted by atomic mass is 10.1. The van der Waals surface area contributed by atoms with Crippen LogP contribution in [0, 0.1) is 5.82 Å². The molecule has 2 saturated heterocycles. The fourth-order valence-electron chi connectivity index (χ4n) is 5.09. The monoisotopic (exact) mass is 543 g/mol. The number of ether oxygens (including phenoxy) is 1. The SMILES string of the molecule is C[C@@H]1CN(c2ccc(Nc3ncc4c(n3)N(C)CN(c3c(Cl)cccc3Cl)C3OC43)cc2F)CCN1C. The van der Waals surface area contributed by atoms with Crippen LogP contribution >= 0.6 is 23.2 Å². The highest BCUT2D eigenvalue weighted by Gasteiger charge is 2.50. The number of epoxide rings is 1. The Morgan fingerprint density at radius 2 is 1.89 bits per heavy atom. The van der Waals surface area contributed by atoms with Gasteiger partial charge in [0.25, 0.3) is 0 Å². The number of halogens is 3. The maximum absolute atomic E-state index is 15.1. The molecular formula is C26H28Cl2FN7O. The summed E-state index contributed by atoms with van der Waals surface area (Å²) in [6.45, 7) is 5.13. The highest BCUT2D eigenvalue weighted by Crippen LogP contribution is 2.50. The molecule has 1 aromatic heterocycles. The zero-order chi connectivity index (χ0) is 25.8. The molecule has 4 heterocycles. The van der Waals surface area contributed by atoms with E-state index in [0.29, 0.717) is 40.1 Å². The van der Waals surface area contributed by atoms with Crippen molar-refractivity contribution < 1.29 is 9.13 Å². The van der Waals surface area contributed by atoms with E-state index in [2.05, 4.69) is 34.1 Å². The molecule has 0 saturated carbocycles. The van der Waals surface area contributed by atoms with E-state index in [4.69, 9.17) is 32.9 Å². The van der Waals surface area contributed by atoms with Gasteiger partial charge in [0.1, 0.15) is 17.7 Å². The third-order valence-corrected chi connectivity index (χ3v) is 7.94. The zero-order valence-electron chi connectivity index (χ0n) is 20.8. The Hall–Kier alpha value is -2.85. The van der Waals surface area contributed by atoms with Crippen molar-refractivity contribution in [2.45, 2.75) is 25.3 Å². The molecule has 0 radical (unpaired) electrons. The van der Waals surface area contributed by atoms with E-state index < -0.39 is 0 Å². The summed E-state index contributed by atoms with van der Waals surface area (Å²) in [5.74, 6) is 0.849. The van der Waals surface area contributed by atoms with Gasteiger partial charge in [-0.25, -0.2) is 9.37 Å². The first-order chi connectivity index (χ1) is 17.8. The molecule has 3 aliphatic heterocycles. The fraction of sp³-hybridized carbons (Fsp3) is 0.385. The number of hydrogen-bond donors (Lipinski definition) is 1. The third kappa shape index (κ3) is 4.54. The van der Waals surface area contributed by atoms with Gasteiger partial charge in [0, 0.05) is 50.2 Å². The van der Waals surface area contributed by atoms with Crippen LogP contribution in [0.25, 0.3) is 0 Å². The summed E-state index contributed by atoms with van der Waals surface area (Å²) in [6, 6.07) is 11.0. The lowest BCUT2D eigenvalue weighted by Gasteiger charge is -2.39. The molecule has 2 unspecified atom stereocenters. The number of rotatable bonds is 4. The molecule has 194 valence electrons. The molecule has 2 aromatic carbocycles. The summed E-state index contributed by atoms with van der Waals surface area (Å²) in [5, 5.41) is 4.28. The van der Waals surface area contributed by atoms with Crippen LogP contribution in [0.4, 0.5) is 33.2 Å². The molecule has 3 aromatic rings. The number of anilines is 5. The lowest BCUT2D eigenvalue weighted by molar-refractivity contribution is 0.233. The number of piperazine rings is 1. The van der Waals surface area contributed by atoms with E-state index in [1.807, 2.05) is 47.2 Å². The van der Waals surface area contributed by atoms with Gasteiger partial charge in [0.05, 0.1) is 28.1 Å². The quantitative estimate of drug-likeness (QED) is 0.455. The topological polar surface area (TPSA) is 63.3 Å². The van der Waals surface area contributed by atoms with Crippen molar-refractivity contribution in [2.75, 3.05) is 60.4 Å². The Balaban J connectivity index is 1.22. The predicted octanol–water partition coefficient (Wildman–Crippen LogP) is 5.12. The van der Waals surface area contributed by atoms with Crippen LogP contribution in [0.3, 0.4) is 0 Å².